The van der Waals surface area contributed by atoms with Crippen LogP contribution in [0.4, 0.5) is 4.39 Å². The van der Waals surface area contributed by atoms with Crippen LogP contribution < -0.4 is 0 Å². The molecule has 5 nitrogen and oxygen atoms in total. The van der Waals surface area contributed by atoms with Crippen molar-refractivity contribution in [2.45, 2.75) is 59.5 Å². The zero-order valence-electron chi connectivity index (χ0n) is 19.3. The molecule has 0 radical (unpaired) electrons. The van der Waals surface area contributed by atoms with E-state index in [9.17, 15) is 19.5 Å². The lowest BCUT2D eigenvalue weighted by Gasteiger charge is -2.56. The molecule has 4 rings (SSSR count). The molecule has 174 valence electrons. The Morgan fingerprint density at radius 3 is 2.72 bits per heavy atom. The van der Waals surface area contributed by atoms with E-state index in [1.165, 1.54) is 12.2 Å². The zero-order chi connectivity index (χ0) is 23.4. The van der Waals surface area contributed by atoms with Gasteiger partial charge in [0.2, 0.25) is 0 Å². The molecule has 0 saturated heterocycles. The first-order valence-electron chi connectivity index (χ1n) is 11.7. The summed E-state index contributed by atoms with van der Waals surface area (Å²) >= 11 is 0. The Bertz CT molecular complexity index is 933. The molecule has 0 amide bonds. The molecule has 1 N–H and O–H groups in total. The lowest BCUT2D eigenvalue weighted by molar-refractivity contribution is -0.152. The molecule has 0 aromatic carbocycles. The second-order valence-electron chi connectivity index (χ2n) is 10.6. The number of esters is 1. The molecular formula is C26H33FO5. The Labute approximate surface area is 188 Å². The summed E-state index contributed by atoms with van der Waals surface area (Å²) in [5.74, 6) is -1.95. The number of fused-ring (bicyclic) bond motifs is 5. The van der Waals surface area contributed by atoms with Gasteiger partial charge in [-0.25, -0.2) is 4.39 Å². The number of aliphatic hydroxyl groups is 1. The van der Waals surface area contributed by atoms with Crippen molar-refractivity contribution in [3.8, 4) is 0 Å². The van der Waals surface area contributed by atoms with Crippen LogP contribution in [0, 0.1) is 40.4 Å². The predicted octanol–water partition coefficient (Wildman–Crippen LogP) is 4.11. The van der Waals surface area contributed by atoms with Gasteiger partial charge in [0.05, 0.1) is 6.10 Å². The monoisotopic (exact) mass is 444 g/mol. The fourth-order valence-electron chi connectivity index (χ4n) is 7.43. The van der Waals surface area contributed by atoms with E-state index in [-0.39, 0.29) is 60.2 Å². The van der Waals surface area contributed by atoms with Crippen molar-refractivity contribution in [1.82, 2.24) is 0 Å². The first kappa shape index (κ1) is 23.1. The van der Waals surface area contributed by atoms with Gasteiger partial charge >= 0.3 is 5.97 Å². The molecule has 0 bridgehead atoms. The zero-order valence-corrected chi connectivity index (χ0v) is 19.3. The van der Waals surface area contributed by atoms with Gasteiger partial charge in [0.15, 0.2) is 11.6 Å². The fourth-order valence-corrected chi connectivity index (χ4v) is 7.43. The van der Waals surface area contributed by atoms with E-state index in [1.807, 2.05) is 27.7 Å². The summed E-state index contributed by atoms with van der Waals surface area (Å²) in [7, 11) is 0. The van der Waals surface area contributed by atoms with Gasteiger partial charge in [-0.2, -0.15) is 0 Å². The Balaban J connectivity index is 1.66. The Morgan fingerprint density at radius 2 is 2.03 bits per heavy atom. The standard InChI is InChI=1S/C26H33FO5/c1-5-6-22(31)32-13-21(30)23-14(2)9-17-16-11-19(27)18-10-15(28)7-8-25(18,3)24(16)20(29)12-26(17,23)4/h7-8,10-11,14,16-17,20,23-24,29H,5-6,9,12-13H2,1-4H3/t14?,16-,17-,20?,23+,24+,25-,26-/m0/s1. The molecule has 2 saturated carbocycles. The van der Waals surface area contributed by atoms with Crippen LogP contribution in [0.2, 0.25) is 0 Å². The number of hydrogen-bond acceptors (Lipinski definition) is 5. The highest BCUT2D eigenvalue weighted by molar-refractivity contribution is 6.01. The van der Waals surface area contributed by atoms with Crippen molar-refractivity contribution in [3.05, 3.63) is 35.7 Å². The molecule has 32 heavy (non-hydrogen) atoms. The average molecular weight is 445 g/mol. The van der Waals surface area contributed by atoms with Crippen LogP contribution in [0.5, 0.6) is 0 Å². The lowest BCUT2D eigenvalue weighted by Crippen LogP contribution is -2.55. The second-order valence-corrected chi connectivity index (χ2v) is 10.6. The number of carbonyl (C=O) groups excluding carboxylic acids is 3. The van der Waals surface area contributed by atoms with Crippen LogP contribution in [0.1, 0.15) is 53.4 Å². The van der Waals surface area contributed by atoms with Gasteiger partial charge < -0.3 is 9.84 Å². The van der Waals surface area contributed by atoms with E-state index in [2.05, 4.69) is 0 Å². The maximum absolute atomic E-state index is 15.3. The third kappa shape index (κ3) is 3.42. The maximum Gasteiger partial charge on any atom is 0.306 e. The number of halogens is 1. The minimum Gasteiger partial charge on any atom is -0.458 e. The highest BCUT2D eigenvalue weighted by Crippen LogP contribution is 2.66. The Kier molecular flexibility index (Phi) is 5.81. The number of rotatable bonds is 5. The summed E-state index contributed by atoms with van der Waals surface area (Å²) in [4.78, 5) is 36.9. The molecule has 4 aliphatic rings. The smallest absolute Gasteiger partial charge is 0.306 e. The van der Waals surface area contributed by atoms with Gasteiger partial charge in [-0.15, -0.1) is 0 Å². The largest absolute Gasteiger partial charge is 0.458 e. The van der Waals surface area contributed by atoms with Crippen molar-refractivity contribution < 1.29 is 28.6 Å². The molecule has 0 spiro atoms. The quantitative estimate of drug-likeness (QED) is 0.646. The average Bonchev–Trinajstić information content (AvgIpc) is 2.97. The van der Waals surface area contributed by atoms with Gasteiger partial charge in [-0.1, -0.05) is 33.8 Å². The van der Waals surface area contributed by atoms with Gasteiger partial charge in [-0.3, -0.25) is 14.4 Å². The Hall–Kier alpha value is -2.08. The minimum absolute atomic E-state index is 0.0151. The number of aliphatic hydroxyl groups excluding tert-OH is 1. The number of carbonyl (C=O) groups is 3. The maximum atomic E-state index is 15.3. The number of Topliss-reactive ketones (excluding diaryl/α,β-unsaturated/α-hetero) is 1. The van der Waals surface area contributed by atoms with Crippen molar-refractivity contribution in [2.75, 3.05) is 6.61 Å². The van der Waals surface area contributed by atoms with Gasteiger partial charge in [0.25, 0.3) is 0 Å². The summed E-state index contributed by atoms with van der Waals surface area (Å²) in [5, 5.41) is 11.4. The molecule has 0 aromatic rings. The van der Waals surface area contributed by atoms with Gasteiger partial charge in [0.1, 0.15) is 12.4 Å². The topological polar surface area (TPSA) is 80.7 Å². The number of allylic oxidation sites excluding steroid dienone is 6. The molecule has 0 heterocycles. The van der Waals surface area contributed by atoms with Crippen molar-refractivity contribution in [2.24, 2.45) is 40.4 Å². The summed E-state index contributed by atoms with van der Waals surface area (Å²) in [6, 6.07) is 0. The third-order valence-electron chi connectivity index (χ3n) is 8.62. The van der Waals surface area contributed by atoms with Crippen LogP contribution in [0.3, 0.4) is 0 Å². The van der Waals surface area contributed by atoms with Crippen LogP contribution in [0.15, 0.2) is 35.7 Å². The molecule has 4 aliphatic carbocycles. The van der Waals surface area contributed by atoms with Crippen molar-refractivity contribution >= 4 is 17.5 Å². The molecular weight excluding hydrogens is 411 g/mol. The first-order chi connectivity index (χ1) is 15.0. The summed E-state index contributed by atoms with van der Waals surface area (Å²) < 4.78 is 20.5. The molecule has 0 aromatic heterocycles. The number of ketones is 2. The molecule has 2 unspecified atom stereocenters. The second kappa shape index (κ2) is 8.05. The molecule has 2 fully saturated rings. The number of ether oxygens (including phenoxy) is 1. The molecule has 8 atom stereocenters. The van der Waals surface area contributed by atoms with E-state index in [0.29, 0.717) is 18.4 Å². The van der Waals surface area contributed by atoms with E-state index in [4.69, 9.17) is 4.74 Å². The van der Waals surface area contributed by atoms with E-state index >= 15 is 4.39 Å². The summed E-state index contributed by atoms with van der Waals surface area (Å²) in [6.07, 6.45) is 7.49. The van der Waals surface area contributed by atoms with Crippen LogP contribution >= 0.6 is 0 Å². The third-order valence-corrected chi connectivity index (χ3v) is 8.62. The van der Waals surface area contributed by atoms with E-state index in [0.717, 1.165) is 6.42 Å². The van der Waals surface area contributed by atoms with E-state index < -0.39 is 22.8 Å². The van der Waals surface area contributed by atoms with Gasteiger partial charge in [0, 0.05) is 29.2 Å². The normalized spacial score (nSPS) is 42.4. The summed E-state index contributed by atoms with van der Waals surface area (Å²) in [6.45, 7) is 7.57. The van der Waals surface area contributed by atoms with Gasteiger partial charge in [-0.05, 0) is 60.7 Å². The molecule has 6 heteroatoms. The number of hydrogen-bond donors (Lipinski definition) is 1. The SMILES string of the molecule is CCCC(=O)OCC(=O)[C@H]1C(C)C[C@H]2[C@@H]3C=C(F)C4=CC(=O)C=C[C@]4(C)[C@H]3C(O)C[C@]12C. The lowest BCUT2D eigenvalue weighted by atomic mass is 9.48. The van der Waals surface area contributed by atoms with Crippen molar-refractivity contribution in [1.29, 1.82) is 0 Å². The Morgan fingerprint density at radius 1 is 1.31 bits per heavy atom. The minimum atomic E-state index is -0.765. The van der Waals surface area contributed by atoms with Crippen LogP contribution in [-0.2, 0) is 19.1 Å². The van der Waals surface area contributed by atoms with E-state index in [1.54, 1.807) is 12.2 Å². The van der Waals surface area contributed by atoms with Crippen LogP contribution in [-0.4, -0.2) is 35.4 Å². The summed E-state index contributed by atoms with van der Waals surface area (Å²) in [5.41, 5.74) is -0.939. The predicted molar refractivity (Wildman–Crippen MR) is 117 cm³/mol. The fraction of sp³-hybridized carbons (Fsp3) is 0.654. The first-order valence-corrected chi connectivity index (χ1v) is 11.7. The van der Waals surface area contributed by atoms with Crippen molar-refractivity contribution in [3.63, 3.8) is 0 Å². The molecule has 0 aliphatic heterocycles. The highest BCUT2D eigenvalue weighted by atomic mass is 19.1. The highest BCUT2D eigenvalue weighted by Gasteiger charge is 2.64. The van der Waals surface area contributed by atoms with Crippen LogP contribution in [0.25, 0.3) is 0 Å².